The van der Waals surface area contributed by atoms with Crippen LogP contribution in [0.15, 0.2) is 158 Å². The Morgan fingerprint density at radius 2 is 0.415 bits per heavy atom. The summed E-state index contributed by atoms with van der Waals surface area (Å²) in [4.78, 5) is 69.2. The molecule has 0 saturated heterocycles. The van der Waals surface area contributed by atoms with E-state index in [4.69, 9.17) is 18.9 Å². The summed E-state index contributed by atoms with van der Waals surface area (Å²) < 4.78 is 30.4. The van der Waals surface area contributed by atoms with Crippen LogP contribution < -0.4 is 28.7 Å². The number of carbonyl (C=O) groups is 4. The van der Waals surface area contributed by atoms with Gasteiger partial charge in [0.15, 0.2) is 0 Å². The lowest BCUT2D eigenvalue weighted by molar-refractivity contribution is 0.0877. The van der Waals surface area contributed by atoms with Gasteiger partial charge in [0, 0.05) is 43.1 Å². The minimum atomic E-state index is -0.523. The summed E-state index contributed by atoms with van der Waals surface area (Å²) in [5, 5.41) is 3.55. The van der Waals surface area contributed by atoms with Gasteiger partial charge in [-0.3, -0.25) is 19.2 Å². The molecule has 0 unspecified atom stereocenters. The Bertz CT molecular complexity index is 4330. The van der Waals surface area contributed by atoms with Crippen molar-refractivity contribution < 1.29 is 38.1 Å². The first-order chi connectivity index (χ1) is 45.0. The minimum absolute atomic E-state index is 0.00436. The highest BCUT2D eigenvalue weighted by atomic mass is 16.5. The van der Waals surface area contributed by atoms with Gasteiger partial charge in [-0.2, -0.15) is 0 Å². The maximum atomic E-state index is 16.6. The second kappa shape index (κ2) is 24.3. The van der Waals surface area contributed by atoms with Gasteiger partial charge in [0.2, 0.25) is 0 Å². The van der Waals surface area contributed by atoms with E-state index >= 15 is 19.2 Å². The molecule has 0 N–H and O–H groups in total. The highest BCUT2D eigenvalue weighted by Gasteiger charge is 2.44. The summed E-state index contributed by atoms with van der Waals surface area (Å²) in [6, 6.07) is 50.8. The van der Waals surface area contributed by atoms with Crippen LogP contribution in [0.4, 0.5) is 11.4 Å². The van der Waals surface area contributed by atoms with Crippen LogP contribution in [-0.2, 0) is 0 Å². The SMILES string of the molecule is CC(C)c1ccccc1Oc1cc2c3c(cc(Oc4ccccc4C(C)C)c4c5c(Oc6ccccc6C(C)C)cc6c7c(cc(Oc8ccccc8C(C)C)c(c1c34)c75)C(=O)N(c1c(C(C)C)cccc1C(C)C)C6=O)C(=O)N(c1c(C(C)C)cccc1C(C)C)C2=O. The molecular weight excluding hydrogens is 1160 g/mol. The monoisotopic (exact) mass is 1250 g/mol. The van der Waals surface area contributed by atoms with Crippen molar-refractivity contribution in [3.63, 3.8) is 0 Å². The standard InChI is InChI=1S/C84H82N2O8/c1-43(2)51-27-17-21-35-63(51)91-67-39-59-71-60(82(88)85(81(59)87)79-55(47(9)10)31-25-32-56(79)48(11)12)41-69(93-65-37-23-19-29-53(65)45(5)6)75-76-70(94-66-38-24-20-30-54(66)46(7)8)42-62-72-61(83(89)86(84(62)90)80-57(49(13)14)33-26-34-58(80)50(15)16)40-68(74(78(72)76)73(67)77(71)75)92-64-36-22-18-28-52(64)44(3)4/h17-50H,1-16H3. The second-order valence-corrected chi connectivity index (χ2v) is 27.9. The highest BCUT2D eigenvalue weighted by molar-refractivity contribution is 6.48. The molecule has 4 amide bonds. The molecule has 0 saturated carbocycles. The Labute approximate surface area is 551 Å². The number of para-hydroxylation sites is 6. The van der Waals surface area contributed by atoms with E-state index in [0.29, 0.717) is 77.5 Å². The summed E-state index contributed by atoms with van der Waals surface area (Å²) in [6.07, 6.45) is 0. The summed E-state index contributed by atoms with van der Waals surface area (Å²) in [5.74, 6) is 0.869. The van der Waals surface area contributed by atoms with Crippen molar-refractivity contribution in [3.8, 4) is 46.0 Å². The third-order valence-corrected chi connectivity index (χ3v) is 19.1. The van der Waals surface area contributed by atoms with E-state index < -0.39 is 23.6 Å². The average molecular weight is 1250 g/mol. The Morgan fingerprint density at radius 3 is 0.617 bits per heavy atom. The van der Waals surface area contributed by atoms with Crippen molar-refractivity contribution in [2.45, 2.75) is 158 Å². The number of rotatable bonds is 18. The van der Waals surface area contributed by atoms with Gasteiger partial charge in [-0.15, -0.1) is 0 Å². The molecule has 10 nitrogen and oxygen atoms in total. The first-order valence-electron chi connectivity index (χ1n) is 33.4. The van der Waals surface area contributed by atoms with Crippen molar-refractivity contribution >= 4 is 78.1 Å². The normalized spacial score (nSPS) is 13.5. The van der Waals surface area contributed by atoms with E-state index in [0.717, 1.165) is 44.5 Å². The van der Waals surface area contributed by atoms with E-state index in [1.807, 2.05) is 133 Å². The van der Waals surface area contributed by atoms with Crippen LogP contribution in [-0.4, -0.2) is 23.6 Å². The quantitative estimate of drug-likeness (QED) is 0.0474. The highest BCUT2D eigenvalue weighted by Crippen LogP contribution is 2.60. The van der Waals surface area contributed by atoms with Crippen LogP contribution in [0.1, 0.15) is 244 Å². The molecule has 0 aromatic heterocycles. The smallest absolute Gasteiger partial charge is 0.266 e. The summed E-state index contributed by atoms with van der Waals surface area (Å²) >= 11 is 0. The van der Waals surface area contributed by atoms with Crippen molar-refractivity contribution in [3.05, 3.63) is 224 Å². The van der Waals surface area contributed by atoms with Gasteiger partial charge in [0.1, 0.15) is 46.0 Å². The zero-order valence-corrected chi connectivity index (χ0v) is 56.8. The van der Waals surface area contributed by atoms with E-state index in [9.17, 15) is 0 Å². The summed E-state index contributed by atoms with van der Waals surface area (Å²) in [7, 11) is 0. The van der Waals surface area contributed by atoms with Gasteiger partial charge in [0.05, 0.1) is 33.6 Å². The Hall–Kier alpha value is -9.80. The Kier molecular flexibility index (Phi) is 16.3. The van der Waals surface area contributed by atoms with Crippen LogP contribution in [0.25, 0.3) is 43.1 Å². The molecule has 94 heavy (non-hydrogen) atoms. The molecule has 2 aliphatic heterocycles. The lowest BCUT2D eigenvalue weighted by Gasteiger charge is -2.35. The van der Waals surface area contributed by atoms with Crippen LogP contribution in [0, 0.1) is 0 Å². The third kappa shape index (κ3) is 10.2. The van der Waals surface area contributed by atoms with E-state index in [2.05, 4.69) is 111 Å². The molecule has 2 heterocycles. The zero-order chi connectivity index (χ0) is 66.6. The first kappa shape index (κ1) is 63.0. The predicted octanol–water partition coefficient (Wildman–Crippen LogP) is 23.5. The average Bonchev–Trinajstić information content (AvgIpc) is 0.671. The molecule has 0 fully saturated rings. The van der Waals surface area contributed by atoms with Crippen molar-refractivity contribution in [1.29, 1.82) is 0 Å². The zero-order valence-electron chi connectivity index (χ0n) is 56.8. The molecule has 0 atom stereocenters. The number of hydrogen-bond donors (Lipinski definition) is 0. The van der Waals surface area contributed by atoms with Crippen LogP contribution in [0.5, 0.6) is 46.0 Å². The number of nitrogens with zero attached hydrogens (tertiary/aromatic N) is 2. The van der Waals surface area contributed by atoms with Gasteiger partial charge in [-0.05, 0) is 140 Å². The molecule has 13 rings (SSSR count). The number of amides is 4. The van der Waals surface area contributed by atoms with E-state index in [1.54, 1.807) is 24.3 Å². The largest absolute Gasteiger partial charge is 0.456 e. The fraction of sp³-hybridized carbons (Fsp3) is 0.286. The molecule has 0 radical (unpaired) electrons. The number of ether oxygens (including phenoxy) is 4. The molecule has 2 aliphatic rings. The Balaban J connectivity index is 1.31. The molecule has 0 aliphatic carbocycles. The van der Waals surface area contributed by atoms with Crippen molar-refractivity contribution in [2.75, 3.05) is 9.80 Å². The predicted molar refractivity (Wildman–Crippen MR) is 382 cm³/mol. The molecule has 0 spiro atoms. The number of carbonyl (C=O) groups excluding carboxylic acids is 4. The second-order valence-electron chi connectivity index (χ2n) is 27.9. The van der Waals surface area contributed by atoms with E-state index in [1.165, 1.54) is 9.80 Å². The molecule has 11 aromatic rings. The van der Waals surface area contributed by atoms with Crippen LogP contribution in [0.2, 0.25) is 0 Å². The van der Waals surface area contributed by atoms with Crippen molar-refractivity contribution in [2.24, 2.45) is 0 Å². The number of imide groups is 2. The van der Waals surface area contributed by atoms with Gasteiger partial charge >= 0.3 is 0 Å². The summed E-state index contributed by atoms with van der Waals surface area (Å²) in [5.41, 5.74) is 9.07. The van der Waals surface area contributed by atoms with Crippen LogP contribution in [0.3, 0.4) is 0 Å². The number of benzene rings is 11. The lowest BCUT2D eigenvalue weighted by Crippen LogP contribution is -2.42. The maximum absolute atomic E-state index is 16.6. The molecule has 11 aromatic carbocycles. The van der Waals surface area contributed by atoms with Gasteiger partial charge in [-0.1, -0.05) is 220 Å². The topological polar surface area (TPSA) is 112 Å². The van der Waals surface area contributed by atoms with Crippen LogP contribution >= 0.6 is 0 Å². The lowest BCUT2D eigenvalue weighted by atomic mass is 9.80. The molecule has 476 valence electrons. The minimum Gasteiger partial charge on any atom is -0.456 e. The fourth-order valence-electron chi connectivity index (χ4n) is 14.5. The van der Waals surface area contributed by atoms with Gasteiger partial charge < -0.3 is 18.9 Å². The first-order valence-corrected chi connectivity index (χ1v) is 33.4. The number of anilines is 2. The van der Waals surface area contributed by atoms with Gasteiger partial charge in [0.25, 0.3) is 23.6 Å². The Morgan fingerprint density at radius 1 is 0.223 bits per heavy atom. The fourth-order valence-corrected chi connectivity index (χ4v) is 14.5. The molecule has 10 heteroatoms. The number of fused-ring (bicyclic) bond motifs is 2. The van der Waals surface area contributed by atoms with E-state index in [-0.39, 0.29) is 92.6 Å². The number of hydrogen-bond acceptors (Lipinski definition) is 8. The molecular formula is C84H82N2O8. The molecule has 0 bridgehead atoms. The third-order valence-electron chi connectivity index (χ3n) is 19.1. The summed E-state index contributed by atoms with van der Waals surface area (Å²) in [6.45, 7) is 33.5. The maximum Gasteiger partial charge on any atom is 0.266 e. The van der Waals surface area contributed by atoms with Crippen molar-refractivity contribution in [1.82, 2.24) is 0 Å². The van der Waals surface area contributed by atoms with Gasteiger partial charge in [-0.25, -0.2) is 9.80 Å².